The van der Waals surface area contributed by atoms with Gasteiger partial charge in [0.2, 0.25) is 0 Å². The molecule has 0 bridgehead atoms. The van der Waals surface area contributed by atoms with Crippen LogP contribution in [0.4, 0.5) is 4.79 Å². The van der Waals surface area contributed by atoms with E-state index in [1.54, 1.807) is 0 Å². The summed E-state index contributed by atoms with van der Waals surface area (Å²) in [6.07, 6.45) is 2.96. The minimum absolute atomic E-state index is 0.156. The summed E-state index contributed by atoms with van der Waals surface area (Å²) in [6, 6.07) is -1.60. The maximum atomic E-state index is 11.1. The number of carbonyl (C=O) groups is 2. The van der Waals surface area contributed by atoms with Crippen LogP contribution in [0.1, 0.15) is 19.3 Å². The molecule has 6 heteroatoms. The lowest BCUT2D eigenvalue weighted by Crippen LogP contribution is -2.51. The van der Waals surface area contributed by atoms with Gasteiger partial charge in [0, 0.05) is 6.04 Å². The first kappa shape index (κ1) is 10.8. The SMILES string of the molecule is O=C(NC1CCC1)N[C@H](CO)C(=O)O. The number of urea groups is 1. The van der Waals surface area contributed by atoms with E-state index in [0.717, 1.165) is 19.3 Å². The third-order valence-corrected chi connectivity index (χ3v) is 2.23. The molecule has 0 saturated heterocycles. The molecule has 0 aromatic heterocycles. The highest BCUT2D eigenvalue weighted by Crippen LogP contribution is 2.17. The number of rotatable bonds is 4. The van der Waals surface area contributed by atoms with Crippen LogP contribution >= 0.6 is 0 Å². The van der Waals surface area contributed by atoms with E-state index < -0.39 is 24.6 Å². The predicted molar refractivity (Wildman–Crippen MR) is 47.8 cm³/mol. The zero-order valence-electron chi connectivity index (χ0n) is 7.69. The van der Waals surface area contributed by atoms with Gasteiger partial charge in [-0.25, -0.2) is 9.59 Å². The number of hydrogen-bond acceptors (Lipinski definition) is 3. The predicted octanol–water partition coefficient (Wildman–Crippen LogP) is -0.716. The zero-order valence-corrected chi connectivity index (χ0v) is 7.69. The molecule has 1 aliphatic rings. The van der Waals surface area contributed by atoms with Gasteiger partial charge in [-0.15, -0.1) is 0 Å². The summed E-state index contributed by atoms with van der Waals surface area (Å²) in [6.45, 7) is -0.604. The number of hydrogen-bond donors (Lipinski definition) is 4. The minimum Gasteiger partial charge on any atom is -0.480 e. The quantitative estimate of drug-likeness (QED) is 0.483. The highest BCUT2D eigenvalue weighted by atomic mass is 16.4. The Balaban J connectivity index is 2.26. The van der Waals surface area contributed by atoms with Gasteiger partial charge in [0.05, 0.1) is 6.61 Å². The summed E-state index contributed by atoms with van der Waals surface area (Å²) >= 11 is 0. The Kier molecular flexibility index (Phi) is 3.70. The smallest absolute Gasteiger partial charge is 0.328 e. The van der Waals surface area contributed by atoms with E-state index in [4.69, 9.17) is 10.2 Å². The lowest BCUT2D eigenvalue weighted by molar-refractivity contribution is -0.140. The minimum atomic E-state index is -1.24. The zero-order chi connectivity index (χ0) is 10.6. The van der Waals surface area contributed by atoms with Crippen molar-refractivity contribution in [2.75, 3.05) is 6.61 Å². The van der Waals surface area contributed by atoms with Gasteiger partial charge in [-0.1, -0.05) is 0 Å². The molecule has 1 rings (SSSR count). The molecule has 0 heterocycles. The van der Waals surface area contributed by atoms with Crippen molar-refractivity contribution in [3.05, 3.63) is 0 Å². The van der Waals surface area contributed by atoms with Crippen molar-refractivity contribution in [1.82, 2.24) is 10.6 Å². The molecule has 1 aliphatic carbocycles. The highest BCUT2D eigenvalue weighted by molar-refractivity contribution is 5.82. The van der Waals surface area contributed by atoms with E-state index in [-0.39, 0.29) is 6.04 Å². The van der Waals surface area contributed by atoms with Gasteiger partial charge in [0.1, 0.15) is 0 Å². The molecular formula is C8H14N2O4. The molecule has 1 atom stereocenters. The van der Waals surface area contributed by atoms with Crippen molar-refractivity contribution in [3.63, 3.8) is 0 Å². The Morgan fingerprint density at radius 1 is 1.43 bits per heavy atom. The number of amides is 2. The average Bonchev–Trinajstić information content (AvgIpc) is 2.07. The molecule has 1 saturated carbocycles. The van der Waals surface area contributed by atoms with Crippen LogP contribution in [0.3, 0.4) is 0 Å². The Morgan fingerprint density at radius 3 is 2.43 bits per heavy atom. The van der Waals surface area contributed by atoms with Crippen molar-refractivity contribution < 1.29 is 19.8 Å². The molecule has 2 amide bonds. The van der Waals surface area contributed by atoms with Gasteiger partial charge in [0.25, 0.3) is 0 Å². The van der Waals surface area contributed by atoms with Crippen LogP contribution in [0, 0.1) is 0 Å². The number of carboxylic acid groups (broad SMARTS) is 1. The molecule has 1 fully saturated rings. The van der Waals surface area contributed by atoms with Crippen LogP contribution < -0.4 is 10.6 Å². The monoisotopic (exact) mass is 202 g/mol. The van der Waals surface area contributed by atoms with Gasteiger partial charge in [-0.3, -0.25) is 0 Å². The number of nitrogens with one attached hydrogen (secondary N) is 2. The van der Waals surface area contributed by atoms with E-state index in [0.29, 0.717) is 0 Å². The molecule has 80 valence electrons. The topological polar surface area (TPSA) is 98.7 Å². The van der Waals surface area contributed by atoms with Gasteiger partial charge in [-0.05, 0) is 19.3 Å². The average molecular weight is 202 g/mol. The van der Waals surface area contributed by atoms with Crippen LogP contribution in [0.25, 0.3) is 0 Å². The van der Waals surface area contributed by atoms with Crippen LogP contribution in [0.5, 0.6) is 0 Å². The molecule has 6 nitrogen and oxygen atoms in total. The van der Waals surface area contributed by atoms with Gasteiger partial charge in [0.15, 0.2) is 6.04 Å². The summed E-state index contributed by atoms with van der Waals surface area (Å²) < 4.78 is 0. The number of carbonyl (C=O) groups excluding carboxylic acids is 1. The molecule has 0 unspecified atom stereocenters. The van der Waals surface area contributed by atoms with E-state index in [2.05, 4.69) is 10.6 Å². The number of carboxylic acids is 1. The fraction of sp³-hybridized carbons (Fsp3) is 0.750. The summed E-state index contributed by atoms with van der Waals surface area (Å²) in [4.78, 5) is 21.6. The summed E-state index contributed by atoms with van der Waals surface area (Å²) in [5.74, 6) is -1.24. The number of aliphatic hydroxyl groups is 1. The molecular weight excluding hydrogens is 188 g/mol. The summed E-state index contributed by atoms with van der Waals surface area (Å²) in [7, 11) is 0. The van der Waals surface area contributed by atoms with Crippen LogP contribution in [-0.2, 0) is 4.79 Å². The van der Waals surface area contributed by atoms with Gasteiger partial charge >= 0.3 is 12.0 Å². The van der Waals surface area contributed by atoms with Crippen molar-refractivity contribution in [1.29, 1.82) is 0 Å². The third kappa shape index (κ3) is 2.88. The van der Waals surface area contributed by atoms with Gasteiger partial charge < -0.3 is 20.8 Å². The maximum Gasteiger partial charge on any atom is 0.328 e. The number of aliphatic hydroxyl groups excluding tert-OH is 1. The molecule has 0 aliphatic heterocycles. The van der Waals surface area contributed by atoms with E-state index in [9.17, 15) is 9.59 Å². The van der Waals surface area contributed by atoms with Crippen molar-refractivity contribution in [2.24, 2.45) is 0 Å². The first-order chi connectivity index (χ1) is 6.63. The number of aliphatic carboxylic acids is 1. The Hall–Kier alpha value is -1.30. The second-order valence-corrected chi connectivity index (χ2v) is 3.32. The van der Waals surface area contributed by atoms with Crippen molar-refractivity contribution in [2.45, 2.75) is 31.3 Å². The van der Waals surface area contributed by atoms with Crippen molar-refractivity contribution in [3.8, 4) is 0 Å². The fourth-order valence-electron chi connectivity index (χ4n) is 1.12. The Morgan fingerprint density at radius 2 is 2.07 bits per heavy atom. The van der Waals surface area contributed by atoms with Crippen molar-refractivity contribution >= 4 is 12.0 Å². The lowest BCUT2D eigenvalue weighted by Gasteiger charge is -2.27. The van der Waals surface area contributed by atoms with Gasteiger partial charge in [-0.2, -0.15) is 0 Å². The Bertz CT molecular complexity index is 227. The second-order valence-electron chi connectivity index (χ2n) is 3.32. The van der Waals surface area contributed by atoms with Crippen LogP contribution in [-0.4, -0.2) is 40.9 Å². The lowest BCUT2D eigenvalue weighted by atomic mass is 9.93. The molecule has 0 radical (unpaired) electrons. The molecule has 14 heavy (non-hydrogen) atoms. The molecule has 4 N–H and O–H groups in total. The summed E-state index contributed by atoms with van der Waals surface area (Å²) in [5.41, 5.74) is 0. The van der Waals surface area contributed by atoms with Crippen LogP contribution in [0.15, 0.2) is 0 Å². The standard InChI is InChI=1S/C8H14N2O4/c11-4-6(7(12)13)10-8(14)9-5-2-1-3-5/h5-6,11H,1-4H2,(H,12,13)(H2,9,10,14)/t6-/m1/s1. The largest absolute Gasteiger partial charge is 0.480 e. The highest BCUT2D eigenvalue weighted by Gasteiger charge is 2.23. The van der Waals surface area contributed by atoms with E-state index in [1.807, 2.05) is 0 Å². The van der Waals surface area contributed by atoms with Crippen LogP contribution in [0.2, 0.25) is 0 Å². The normalized spacial score (nSPS) is 18.1. The first-order valence-corrected chi connectivity index (χ1v) is 4.54. The fourth-order valence-corrected chi connectivity index (χ4v) is 1.12. The second kappa shape index (κ2) is 4.80. The summed E-state index contributed by atoms with van der Waals surface area (Å²) in [5, 5.41) is 21.9. The Labute approximate surface area is 81.3 Å². The van der Waals surface area contributed by atoms with E-state index in [1.165, 1.54) is 0 Å². The molecule has 0 spiro atoms. The third-order valence-electron chi connectivity index (χ3n) is 2.23. The molecule has 0 aromatic rings. The maximum absolute atomic E-state index is 11.1. The molecule has 0 aromatic carbocycles. The first-order valence-electron chi connectivity index (χ1n) is 4.54. The van der Waals surface area contributed by atoms with E-state index >= 15 is 0 Å².